The Bertz CT molecular complexity index is 1480. The van der Waals surface area contributed by atoms with Crippen LogP contribution in [-0.2, 0) is 10.2 Å². The SMILES string of the molecule is CCOC(=O)c1nn(-c2ccc(OC)cc2)c(=O)c2c(NC(=O)c3ccc(C(C)(C)C)cc3)scc12. The zero-order valence-electron chi connectivity index (χ0n) is 20.7. The zero-order valence-corrected chi connectivity index (χ0v) is 21.6. The quantitative estimate of drug-likeness (QED) is 0.363. The van der Waals surface area contributed by atoms with Crippen molar-refractivity contribution in [3.05, 3.63) is 81.1 Å². The second kappa shape index (κ2) is 9.94. The van der Waals surface area contributed by atoms with E-state index in [0.717, 1.165) is 21.6 Å². The van der Waals surface area contributed by atoms with E-state index in [2.05, 4.69) is 31.2 Å². The maximum Gasteiger partial charge on any atom is 0.359 e. The highest BCUT2D eigenvalue weighted by Crippen LogP contribution is 2.31. The number of benzene rings is 2. The summed E-state index contributed by atoms with van der Waals surface area (Å²) in [7, 11) is 1.54. The summed E-state index contributed by atoms with van der Waals surface area (Å²) in [5.74, 6) is -0.401. The number of fused-ring (bicyclic) bond motifs is 1. The molecule has 4 rings (SSSR count). The van der Waals surface area contributed by atoms with Crippen LogP contribution < -0.4 is 15.6 Å². The summed E-state index contributed by atoms with van der Waals surface area (Å²) in [5.41, 5.74) is 1.49. The van der Waals surface area contributed by atoms with Crippen LogP contribution in [0.1, 0.15) is 54.1 Å². The Morgan fingerprint density at radius 2 is 1.72 bits per heavy atom. The van der Waals surface area contributed by atoms with Gasteiger partial charge in [-0.3, -0.25) is 9.59 Å². The lowest BCUT2D eigenvalue weighted by Crippen LogP contribution is -2.25. The van der Waals surface area contributed by atoms with Crippen molar-refractivity contribution in [2.45, 2.75) is 33.1 Å². The molecule has 0 fully saturated rings. The third-order valence-corrected chi connectivity index (χ3v) is 6.57. The van der Waals surface area contributed by atoms with Crippen molar-refractivity contribution in [2.24, 2.45) is 0 Å². The van der Waals surface area contributed by atoms with Crippen LogP contribution in [0.2, 0.25) is 0 Å². The molecule has 2 aromatic heterocycles. The molecule has 0 atom stereocenters. The molecule has 0 unspecified atom stereocenters. The first-order valence-electron chi connectivity index (χ1n) is 11.4. The van der Waals surface area contributed by atoms with Gasteiger partial charge in [0.1, 0.15) is 10.8 Å². The molecule has 2 aromatic carbocycles. The fraction of sp³-hybridized carbons (Fsp3) is 0.259. The van der Waals surface area contributed by atoms with E-state index in [1.54, 1.807) is 55.8 Å². The molecule has 0 aliphatic heterocycles. The van der Waals surface area contributed by atoms with Crippen molar-refractivity contribution in [3.8, 4) is 11.4 Å². The number of ether oxygens (including phenoxy) is 2. The number of thiophene rings is 1. The number of carbonyl (C=O) groups excluding carboxylic acids is 2. The van der Waals surface area contributed by atoms with Crippen LogP contribution in [-0.4, -0.2) is 35.4 Å². The number of aromatic nitrogens is 2. The zero-order chi connectivity index (χ0) is 26.0. The van der Waals surface area contributed by atoms with Gasteiger partial charge in [-0.05, 0) is 54.3 Å². The largest absolute Gasteiger partial charge is 0.497 e. The minimum Gasteiger partial charge on any atom is -0.497 e. The van der Waals surface area contributed by atoms with E-state index in [1.807, 2.05) is 12.1 Å². The average molecular weight is 506 g/mol. The van der Waals surface area contributed by atoms with E-state index in [1.165, 1.54) is 0 Å². The molecule has 0 saturated heterocycles. The Balaban J connectivity index is 1.80. The van der Waals surface area contributed by atoms with Crippen molar-refractivity contribution in [3.63, 3.8) is 0 Å². The number of methoxy groups -OCH3 is 1. The van der Waals surface area contributed by atoms with Crippen LogP contribution in [0.3, 0.4) is 0 Å². The molecule has 2 heterocycles. The topological polar surface area (TPSA) is 99.5 Å². The minimum atomic E-state index is -0.654. The van der Waals surface area contributed by atoms with Gasteiger partial charge < -0.3 is 14.8 Å². The molecule has 0 aliphatic carbocycles. The van der Waals surface area contributed by atoms with E-state index in [-0.39, 0.29) is 29.0 Å². The molecule has 1 amide bonds. The standard InChI is InChI=1S/C27H27N3O5S/c1-6-35-26(33)22-20-15-36-24(28-23(31)16-7-9-17(10-8-16)27(2,3)4)21(20)25(32)30(29-22)18-11-13-19(34-5)14-12-18/h7-15H,6H2,1-5H3,(H,28,31). The molecule has 1 N–H and O–H groups in total. The third-order valence-electron chi connectivity index (χ3n) is 5.68. The number of anilines is 1. The van der Waals surface area contributed by atoms with E-state index in [0.29, 0.717) is 27.4 Å². The van der Waals surface area contributed by atoms with Gasteiger partial charge in [-0.15, -0.1) is 11.3 Å². The van der Waals surface area contributed by atoms with Crippen molar-refractivity contribution in [2.75, 3.05) is 19.0 Å². The Hall–Kier alpha value is -3.98. The van der Waals surface area contributed by atoms with E-state index in [4.69, 9.17) is 9.47 Å². The summed E-state index contributed by atoms with van der Waals surface area (Å²) < 4.78 is 11.5. The summed E-state index contributed by atoms with van der Waals surface area (Å²) in [6, 6.07) is 14.1. The predicted octanol–water partition coefficient (Wildman–Crippen LogP) is 5.18. The lowest BCUT2D eigenvalue weighted by atomic mass is 9.87. The first kappa shape index (κ1) is 25.1. The number of hydrogen-bond donors (Lipinski definition) is 1. The van der Waals surface area contributed by atoms with Gasteiger partial charge in [-0.2, -0.15) is 9.78 Å². The van der Waals surface area contributed by atoms with Crippen molar-refractivity contribution < 1.29 is 19.1 Å². The molecule has 4 aromatic rings. The predicted molar refractivity (Wildman–Crippen MR) is 141 cm³/mol. The van der Waals surface area contributed by atoms with E-state index in [9.17, 15) is 14.4 Å². The Kier molecular flexibility index (Phi) is 6.94. The number of amides is 1. The van der Waals surface area contributed by atoms with Crippen LogP contribution in [0, 0.1) is 0 Å². The van der Waals surface area contributed by atoms with Gasteiger partial charge in [0.2, 0.25) is 0 Å². The van der Waals surface area contributed by atoms with E-state index < -0.39 is 11.5 Å². The number of esters is 1. The highest BCUT2D eigenvalue weighted by Gasteiger charge is 2.23. The van der Waals surface area contributed by atoms with Gasteiger partial charge in [-0.25, -0.2) is 4.79 Å². The first-order valence-corrected chi connectivity index (χ1v) is 12.3. The van der Waals surface area contributed by atoms with Crippen LogP contribution in [0.4, 0.5) is 5.00 Å². The normalized spacial score (nSPS) is 11.4. The summed E-state index contributed by atoms with van der Waals surface area (Å²) in [6.07, 6.45) is 0. The second-order valence-corrected chi connectivity index (χ2v) is 10.00. The number of hydrogen-bond acceptors (Lipinski definition) is 7. The maximum atomic E-state index is 13.5. The Morgan fingerprint density at radius 3 is 2.31 bits per heavy atom. The number of nitrogens with zero attached hydrogens (tertiary/aromatic N) is 2. The smallest absolute Gasteiger partial charge is 0.359 e. The maximum absolute atomic E-state index is 13.5. The number of carbonyl (C=O) groups is 2. The van der Waals surface area contributed by atoms with E-state index >= 15 is 0 Å². The molecule has 36 heavy (non-hydrogen) atoms. The summed E-state index contributed by atoms with van der Waals surface area (Å²) in [6.45, 7) is 8.15. The average Bonchev–Trinajstić information content (AvgIpc) is 3.28. The van der Waals surface area contributed by atoms with Crippen LogP contribution in [0.25, 0.3) is 16.5 Å². The van der Waals surface area contributed by atoms with Crippen LogP contribution in [0.5, 0.6) is 5.75 Å². The molecule has 0 radical (unpaired) electrons. The van der Waals surface area contributed by atoms with Gasteiger partial charge in [0.25, 0.3) is 11.5 Å². The summed E-state index contributed by atoms with van der Waals surface area (Å²) >= 11 is 1.15. The number of rotatable bonds is 6. The summed E-state index contributed by atoms with van der Waals surface area (Å²) in [4.78, 5) is 39.3. The van der Waals surface area contributed by atoms with Crippen molar-refractivity contribution >= 4 is 39.0 Å². The highest BCUT2D eigenvalue weighted by atomic mass is 32.1. The Morgan fingerprint density at radius 1 is 1.06 bits per heavy atom. The van der Waals surface area contributed by atoms with Gasteiger partial charge in [0.15, 0.2) is 5.69 Å². The second-order valence-electron chi connectivity index (χ2n) is 9.12. The molecular formula is C27H27N3O5S. The fourth-order valence-corrected chi connectivity index (χ4v) is 4.62. The van der Waals surface area contributed by atoms with Gasteiger partial charge in [0.05, 0.1) is 24.8 Å². The van der Waals surface area contributed by atoms with Gasteiger partial charge in [-0.1, -0.05) is 32.9 Å². The number of nitrogens with one attached hydrogen (secondary N) is 1. The molecule has 9 heteroatoms. The van der Waals surface area contributed by atoms with Crippen molar-refractivity contribution in [1.29, 1.82) is 0 Å². The molecule has 186 valence electrons. The summed E-state index contributed by atoms with van der Waals surface area (Å²) in [5, 5.41) is 9.63. The monoisotopic (exact) mass is 505 g/mol. The molecule has 0 bridgehead atoms. The van der Waals surface area contributed by atoms with Crippen molar-refractivity contribution in [1.82, 2.24) is 9.78 Å². The molecule has 0 aliphatic rings. The lowest BCUT2D eigenvalue weighted by molar-refractivity contribution is 0.0520. The molecule has 0 spiro atoms. The molecule has 8 nitrogen and oxygen atoms in total. The minimum absolute atomic E-state index is 0.00597. The molecule has 0 saturated carbocycles. The lowest BCUT2D eigenvalue weighted by Gasteiger charge is -2.19. The van der Waals surface area contributed by atoms with Crippen LogP contribution >= 0.6 is 11.3 Å². The molecular weight excluding hydrogens is 478 g/mol. The van der Waals surface area contributed by atoms with Gasteiger partial charge in [0, 0.05) is 16.3 Å². The first-order chi connectivity index (χ1) is 17.1. The van der Waals surface area contributed by atoms with Crippen LogP contribution in [0.15, 0.2) is 58.7 Å². The Labute approximate surface area is 212 Å². The fourth-order valence-electron chi connectivity index (χ4n) is 3.69. The highest BCUT2D eigenvalue weighted by molar-refractivity contribution is 7.16. The third kappa shape index (κ3) is 4.87. The van der Waals surface area contributed by atoms with Gasteiger partial charge >= 0.3 is 5.97 Å².